The molecule has 0 bridgehead atoms. The molecule has 0 saturated heterocycles. The molecule has 1 aromatic heterocycles. The first-order valence-corrected chi connectivity index (χ1v) is 5.57. The van der Waals surface area contributed by atoms with Gasteiger partial charge in [0.05, 0.1) is 0 Å². The second kappa shape index (κ2) is 5.71. The van der Waals surface area contributed by atoms with Crippen molar-refractivity contribution in [1.29, 1.82) is 0 Å². The lowest BCUT2D eigenvalue weighted by atomic mass is 10.2. The molecule has 0 aliphatic heterocycles. The highest BCUT2D eigenvalue weighted by Crippen LogP contribution is 1.96. The van der Waals surface area contributed by atoms with Crippen molar-refractivity contribution in [1.82, 2.24) is 9.88 Å². The van der Waals surface area contributed by atoms with E-state index in [0.29, 0.717) is 6.04 Å². The van der Waals surface area contributed by atoms with Crippen LogP contribution in [0.15, 0.2) is 23.1 Å². The van der Waals surface area contributed by atoms with Crippen LogP contribution >= 0.6 is 0 Å². The Hall–Kier alpha value is -1.09. The molecule has 0 aromatic carbocycles. The Balaban J connectivity index is 2.75. The van der Waals surface area contributed by atoms with Gasteiger partial charge >= 0.3 is 0 Å². The highest BCUT2D eigenvalue weighted by molar-refractivity contribution is 5.08. The van der Waals surface area contributed by atoms with Crippen LogP contribution in [0.1, 0.15) is 25.8 Å². The highest BCUT2D eigenvalue weighted by atomic mass is 16.1. The number of hydrogen-bond acceptors (Lipinski definition) is 2. The zero-order valence-corrected chi connectivity index (χ0v) is 9.79. The van der Waals surface area contributed by atoms with E-state index in [1.54, 1.807) is 10.6 Å². The van der Waals surface area contributed by atoms with Crippen molar-refractivity contribution in [3.63, 3.8) is 0 Å². The van der Waals surface area contributed by atoms with Gasteiger partial charge in [0.15, 0.2) is 0 Å². The molecule has 0 fully saturated rings. The molecule has 1 rings (SSSR count). The van der Waals surface area contributed by atoms with E-state index < -0.39 is 0 Å². The Morgan fingerprint density at radius 3 is 2.73 bits per heavy atom. The van der Waals surface area contributed by atoms with Gasteiger partial charge in [0.2, 0.25) is 0 Å². The lowest BCUT2D eigenvalue weighted by Gasteiger charge is -2.17. The van der Waals surface area contributed by atoms with Crippen molar-refractivity contribution in [2.75, 3.05) is 6.54 Å². The minimum Gasteiger partial charge on any atom is -0.314 e. The molecule has 1 N–H and O–H groups in total. The van der Waals surface area contributed by atoms with Crippen LogP contribution in [0.25, 0.3) is 0 Å². The summed E-state index contributed by atoms with van der Waals surface area (Å²) in [5.74, 6) is 0. The standard InChI is InChI=1S/C12H20N2O/c1-4-11(13-5-2)9-14-7-6-10(3)8-12(14)15/h6-8,11,13H,4-5,9H2,1-3H3. The van der Waals surface area contributed by atoms with E-state index in [0.717, 1.165) is 25.1 Å². The maximum Gasteiger partial charge on any atom is 0.250 e. The summed E-state index contributed by atoms with van der Waals surface area (Å²) in [6, 6.07) is 4.04. The number of aromatic nitrogens is 1. The summed E-state index contributed by atoms with van der Waals surface area (Å²) in [6.07, 6.45) is 2.91. The minimum absolute atomic E-state index is 0.0892. The lowest BCUT2D eigenvalue weighted by molar-refractivity contribution is 0.440. The Labute approximate surface area is 91.1 Å². The molecule has 3 nitrogen and oxygen atoms in total. The number of nitrogens with zero attached hydrogens (tertiary/aromatic N) is 1. The van der Waals surface area contributed by atoms with Gasteiger partial charge in [-0.2, -0.15) is 0 Å². The van der Waals surface area contributed by atoms with E-state index in [2.05, 4.69) is 19.2 Å². The summed E-state index contributed by atoms with van der Waals surface area (Å²) >= 11 is 0. The first kappa shape index (κ1) is 12.0. The lowest BCUT2D eigenvalue weighted by Crippen LogP contribution is -2.35. The predicted octanol–water partition coefficient (Wildman–Crippen LogP) is 1.54. The number of hydrogen-bond donors (Lipinski definition) is 1. The number of nitrogens with one attached hydrogen (secondary N) is 1. The highest BCUT2D eigenvalue weighted by Gasteiger charge is 2.05. The molecule has 3 heteroatoms. The Morgan fingerprint density at radius 2 is 2.20 bits per heavy atom. The molecule has 0 saturated carbocycles. The van der Waals surface area contributed by atoms with Crippen LogP contribution in [0, 0.1) is 6.92 Å². The van der Waals surface area contributed by atoms with E-state index >= 15 is 0 Å². The van der Waals surface area contributed by atoms with Gasteiger partial charge < -0.3 is 9.88 Å². The fraction of sp³-hybridized carbons (Fsp3) is 0.583. The molecule has 0 aliphatic carbocycles. The van der Waals surface area contributed by atoms with Crippen LogP contribution in [0.4, 0.5) is 0 Å². The molecule has 1 heterocycles. The Morgan fingerprint density at radius 1 is 1.47 bits per heavy atom. The van der Waals surface area contributed by atoms with Gasteiger partial charge in [-0.25, -0.2) is 0 Å². The van der Waals surface area contributed by atoms with E-state index in [4.69, 9.17) is 0 Å². The molecule has 0 spiro atoms. The normalized spacial score (nSPS) is 12.7. The van der Waals surface area contributed by atoms with Gasteiger partial charge in [0.25, 0.3) is 5.56 Å². The SMILES string of the molecule is CCNC(CC)Cn1ccc(C)cc1=O. The first-order chi connectivity index (χ1) is 7.17. The van der Waals surface area contributed by atoms with Crippen LogP contribution in [-0.2, 0) is 6.54 Å². The monoisotopic (exact) mass is 208 g/mol. The second-order valence-electron chi connectivity index (χ2n) is 3.86. The predicted molar refractivity (Wildman–Crippen MR) is 63.2 cm³/mol. The maximum absolute atomic E-state index is 11.6. The number of rotatable bonds is 5. The number of likely N-dealkylation sites (N-methyl/N-ethyl adjacent to an activating group) is 1. The van der Waals surface area contributed by atoms with Crippen molar-refractivity contribution >= 4 is 0 Å². The van der Waals surface area contributed by atoms with E-state index in [1.165, 1.54) is 0 Å². The molecule has 1 aromatic rings. The van der Waals surface area contributed by atoms with Crippen LogP contribution in [0.2, 0.25) is 0 Å². The smallest absolute Gasteiger partial charge is 0.250 e. The van der Waals surface area contributed by atoms with Gasteiger partial charge in [0.1, 0.15) is 0 Å². The average molecular weight is 208 g/mol. The van der Waals surface area contributed by atoms with Crippen LogP contribution in [0.5, 0.6) is 0 Å². The second-order valence-corrected chi connectivity index (χ2v) is 3.86. The van der Waals surface area contributed by atoms with Gasteiger partial charge in [-0.05, 0) is 31.5 Å². The third-order valence-electron chi connectivity index (χ3n) is 2.55. The van der Waals surface area contributed by atoms with Gasteiger partial charge in [-0.1, -0.05) is 13.8 Å². The van der Waals surface area contributed by atoms with Crippen molar-refractivity contribution in [3.8, 4) is 0 Å². The zero-order valence-electron chi connectivity index (χ0n) is 9.79. The molecule has 84 valence electrons. The fourth-order valence-corrected chi connectivity index (χ4v) is 1.62. The first-order valence-electron chi connectivity index (χ1n) is 5.57. The molecular weight excluding hydrogens is 188 g/mol. The molecular formula is C12H20N2O. The van der Waals surface area contributed by atoms with Crippen molar-refractivity contribution in [2.24, 2.45) is 0 Å². The molecule has 1 atom stereocenters. The molecule has 1 unspecified atom stereocenters. The van der Waals surface area contributed by atoms with E-state index in [1.807, 2.05) is 19.2 Å². The third kappa shape index (κ3) is 3.51. The third-order valence-corrected chi connectivity index (χ3v) is 2.55. The van der Waals surface area contributed by atoms with Crippen molar-refractivity contribution in [3.05, 3.63) is 34.2 Å². The van der Waals surface area contributed by atoms with Gasteiger partial charge in [-0.15, -0.1) is 0 Å². The van der Waals surface area contributed by atoms with E-state index in [-0.39, 0.29) is 5.56 Å². The Bertz CT molecular complexity index is 357. The summed E-state index contributed by atoms with van der Waals surface area (Å²) in [4.78, 5) is 11.6. The van der Waals surface area contributed by atoms with E-state index in [9.17, 15) is 4.79 Å². The molecule has 15 heavy (non-hydrogen) atoms. The van der Waals surface area contributed by atoms with Gasteiger partial charge in [0, 0.05) is 24.8 Å². The minimum atomic E-state index is 0.0892. The van der Waals surface area contributed by atoms with Crippen LogP contribution < -0.4 is 10.9 Å². The summed E-state index contributed by atoms with van der Waals surface area (Å²) in [7, 11) is 0. The largest absolute Gasteiger partial charge is 0.314 e. The summed E-state index contributed by atoms with van der Waals surface area (Å²) in [5, 5.41) is 3.36. The summed E-state index contributed by atoms with van der Waals surface area (Å²) in [5.41, 5.74) is 1.11. The average Bonchev–Trinajstić information content (AvgIpc) is 2.21. The quantitative estimate of drug-likeness (QED) is 0.796. The Kier molecular flexibility index (Phi) is 4.56. The van der Waals surface area contributed by atoms with Gasteiger partial charge in [-0.3, -0.25) is 4.79 Å². The maximum atomic E-state index is 11.6. The van der Waals surface area contributed by atoms with Crippen molar-refractivity contribution < 1.29 is 0 Å². The molecule has 0 aliphatic rings. The summed E-state index contributed by atoms with van der Waals surface area (Å²) in [6.45, 7) is 7.85. The topological polar surface area (TPSA) is 34.0 Å². The van der Waals surface area contributed by atoms with Crippen molar-refractivity contribution in [2.45, 2.75) is 39.8 Å². The molecule has 0 amide bonds. The van der Waals surface area contributed by atoms with Crippen LogP contribution in [0.3, 0.4) is 0 Å². The summed E-state index contributed by atoms with van der Waals surface area (Å²) < 4.78 is 1.77. The number of pyridine rings is 1. The molecule has 0 radical (unpaired) electrons. The van der Waals surface area contributed by atoms with Crippen LogP contribution in [-0.4, -0.2) is 17.2 Å². The fourth-order valence-electron chi connectivity index (χ4n) is 1.62. The zero-order chi connectivity index (χ0) is 11.3. The number of aryl methyl sites for hydroxylation is 1.